The van der Waals surface area contributed by atoms with Crippen LogP contribution in [0.25, 0.3) is 11.1 Å². The van der Waals surface area contributed by atoms with E-state index in [0.717, 1.165) is 10.6 Å². The number of aldehydes is 1. The largest absolute Gasteiger partial charge is 0.491 e. The fourth-order valence-electron chi connectivity index (χ4n) is 3.44. The predicted molar refractivity (Wildman–Crippen MR) is 99.9 cm³/mol. The van der Waals surface area contributed by atoms with E-state index in [1.165, 1.54) is 18.3 Å². The number of fused-ring (bicyclic) bond motifs is 3. The first-order valence-electron chi connectivity index (χ1n) is 9.05. The minimum absolute atomic E-state index is 0.0167. The third-order valence-corrected chi connectivity index (χ3v) is 5.25. The SMILES string of the molecule is CCCC(C=O)n1cc2c(cc1=O)-c1c(ccc(Cl)c1F)CC(C(F)(F)F)CO2. The van der Waals surface area contributed by atoms with Crippen LogP contribution in [0.3, 0.4) is 0 Å². The second-order valence-electron chi connectivity index (χ2n) is 6.94. The summed E-state index contributed by atoms with van der Waals surface area (Å²) in [5, 5.41) is -0.278. The van der Waals surface area contributed by atoms with E-state index in [2.05, 4.69) is 0 Å². The van der Waals surface area contributed by atoms with Gasteiger partial charge < -0.3 is 14.1 Å². The molecule has 2 aromatic rings. The molecule has 1 aliphatic rings. The quantitative estimate of drug-likeness (QED) is 0.507. The molecule has 0 saturated heterocycles. The van der Waals surface area contributed by atoms with Crippen LogP contribution < -0.4 is 10.3 Å². The lowest BCUT2D eigenvalue weighted by molar-refractivity contribution is -0.181. The summed E-state index contributed by atoms with van der Waals surface area (Å²) < 4.78 is 61.6. The van der Waals surface area contributed by atoms with E-state index in [1.807, 2.05) is 6.92 Å². The van der Waals surface area contributed by atoms with Gasteiger partial charge in [-0.05, 0) is 24.5 Å². The van der Waals surface area contributed by atoms with Gasteiger partial charge in [-0.15, -0.1) is 0 Å². The van der Waals surface area contributed by atoms with E-state index in [-0.39, 0.29) is 27.5 Å². The van der Waals surface area contributed by atoms with Gasteiger partial charge in [0, 0.05) is 17.2 Å². The van der Waals surface area contributed by atoms with Gasteiger partial charge in [0.25, 0.3) is 5.56 Å². The second kappa shape index (κ2) is 8.18. The number of rotatable bonds is 4. The van der Waals surface area contributed by atoms with Gasteiger partial charge in [-0.3, -0.25) is 4.79 Å². The van der Waals surface area contributed by atoms with E-state index in [9.17, 15) is 27.2 Å². The second-order valence-corrected chi connectivity index (χ2v) is 7.35. The number of benzene rings is 1. The lowest BCUT2D eigenvalue weighted by Gasteiger charge is -2.27. The van der Waals surface area contributed by atoms with Crippen LogP contribution in [0.1, 0.15) is 31.4 Å². The number of nitrogens with zero attached hydrogens (tertiary/aromatic N) is 1. The number of ether oxygens (including phenoxy) is 1. The normalized spacial score (nSPS) is 17.4. The molecule has 0 spiro atoms. The first-order chi connectivity index (χ1) is 13.7. The highest BCUT2D eigenvalue weighted by molar-refractivity contribution is 6.31. The summed E-state index contributed by atoms with van der Waals surface area (Å²) >= 11 is 5.85. The molecule has 0 aliphatic carbocycles. The van der Waals surface area contributed by atoms with E-state index in [1.54, 1.807) is 0 Å². The number of carbonyl (C=O) groups excluding carboxylic acids is 1. The van der Waals surface area contributed by atoms with E-state index in [4.69, 9.17) is 16.3 Å². The minimum atomic E-state index is -4.56. The number of aromatic nitrogens is 1. The number of alkyl halides is 3. The van der Waals surface area contributed by atoms with Crippen LogP contribution >= 0.6 is 11.6 Å². The van der Waals surface area contributed by atoms with Crippen LogP contribution in [0.2, 0.25) is 5.02 Å². The summed E-state index contributed by atoms with van der Waals surface area (Å²) in [7, 11) is 0. The molecule has 3 rings (SSSR count). The van der Waals surface area contributed by atoms with Crippen LogP contribution in [-0.2, 0) is 11.2 Å². The summed E-state index contributed by atoms with van der Waals surface area (Å²) in [5.74, 6) is -2.90. The molecule has 1 aromatic heterocycles. The molecule has 2 atom stereocenters. The van der Waals surface area contributed by atoms with Crippen LogP contribution in [0.5, 0.6) is 5.75 Å². The molecule has 9 heteroatoms. The van der Waals surface area contributed by atoms with E-state index < -0.39 is 42.5 Å². The molecule has 1 aromatic carbocycles. The third kappa shape index (κ3) is 4.17. The zero-order chi connectivity index (χ0) is 21.3. The Morgan fingerprint density at radius 3 is 2.72 bits per heavy atom. The molecule has 4 nitrogen and oxygen atoms in total. The zero-order valence-corrected chi connectivity index (χ0v) is 16.2. The van der Waals surface area contributed by atoms with Crippen LogP contribution in [-0.4, -0.2) is 23.6 Å². The lowest BCUT2D eigenvalue weighted by Crippen LogP contribution is -2.33. The fourth-order valence-corrected chi connectivity index (χ4v) is 3.60. The van der Waals surface area contributed by atoms with E-state index in [0.29, 0.717) is 19.1 Å². The molecule has 0 bridgehead atoms. The zero-order valence-electron chi connectivity index (χ0n) is 15.4. The monoisotopic (exact) mass is 431 g/mol. The maximum Gasteiger partial charge on any atom is 0.395 e. The Labute approximate surface area is 169 Å². The average Bonchev–Trinajstić information content (AvgIpc) is 2.64. The maximum atomic E-state index is 14.8. The van der Waals surface area contributed by atoms with Crippen molar-refractivity contribution in [1.29, 1.82) is 0 Å². The van der Waals surface area contributed by atoms with Crippen LogP contribution in [0.15, 0.2) is 29.2 Å². The Hall–Kier alpha value is -2.35. The Morgan fingerprint density at radius 1 is 1.38 bits per heavy atom. The van der Waals surface area contributed by atoms with Crippen molar-refractivity contribution in [2.24, 2.45) is 5.92 Å². The number of hydrogen-bond donors (Lipinski definition) is 0. The highest BCUT2D eigenvalue weighted by Crippen LogP contribution is 2.41. The van der Waals surface area contributed by atoms with Crippen molar-refractivity contribution in [2.75, 3.05) is 6.61 Å². The molecule has 1 aliphatic heterocycles. The Morgan fingerprint density at radius 2 is 2.10 bits per heavy atom. The van der Waals surface area contributed by atoms with Crippen LogP contribution in [0, 0.1) is 11.7 Å². The molecule has 2 unspecified atom stereocenters. The van der Waals surface area contributed by atoms with Crippen molar-refractivity contribution in [1.82, 2.24) is 4.57 Å². The van der Waals surface area contributed by atoms with Gasteiger partial charge in [-0.1, -0.05) is 31.0 Å². The molecule has 0 fully saturated rings. The van der Waals surface area contributed by atoms with Crippen molar-refractivity contribution in [2.45, 2.75) is 38.4 Å². The Kier molecular flexibility index (Phi) is 6.03. The van der Waals surface area contributed by atoms with Gasteiger partial charge in [0.05, 0.1) is 23.2 Å². The standard InChI is InChI=1S/C20H18ClF4NO3/c1-2-3-13(9-27)26-8-16-14(7-17(26)28)18-11(4-5-15(21)19(18)22)6-12(10-29-16)20(23,24)25/h4-5,7-9,12-13H,2-3,6,10H2,1H3. The van der Waals surface area contributed by atoms with Gasteiger partial charge in [0.2, 0.25) is 0 Å². The van der Waals surface area contributed by atoms with Crippen molar-refractivity contribution >= 4 is 17.9 Å². The smallest absolute Gasteiger partial charge is 0.395 e. The van der Waals surface area contributed by atoms with Gasteiger partial charge in [0.15, 0.2) is 0 Å². The highest BCUT2D eigenvalue weighted by atomic mass is 35.5. The van der Waals surface area contributed by atoms with Gasteiger partial charge >= 0.3 is 6.18 Å². The summed E-state index contributed by atoms with van der Waals surface area (Å²) in [6.07, 6.45) is -2.34. The first kappa shape index (κ1) is 21.4. The van der Waals surface area contributed by atoms with Gasteiger partial charge in [-0.25, -0.2) is 4.39 Å². The van der Waals surface area contributed by atoms with Crippen LogP contribution in [0.4, 0.5) is 17.6 Å². The molecule has 0 radical (unpaired) electrons. The number of halogens is 5. The molecule has 0 N–H and O–H groups in total. The number of carbonyl (C=O) groups is 1. The van der Waals surface area contributed by atoms with Crippen molar-refractivity contribution in [3.63, 3.8) is 0 Å². The molecular formula is C20H18ClF4NO3. The van der Waals surface area contributed by atoms with Crippen molar-refractivity contribution in [3.8, 4) is 16.9 Å². The van der Waals surface area contributed by atoms with Crippen molar-refractivity contribution < 1.29 is 27.1 Å². The predicted octanol–water partition coefficient (Wildman–Crippen LogP) is 4.96. The molecule has 0 amide bonds. The summed E-state index contributed by atoms with van der Waals surface area (Å²) in [6, 6.07) is 2.80. The molecule has 0 saturated carbocycles. The summed E-state index contributed by atoms with van der Waals surface area (Å²) in [5.41, 5.74) is -0.681. The molecular weight excluding hydrogens is 414 g/mol. The number of pyridine rings is 1. The third-order valence-electron chi connectivity index (χ3n) is 4.96. The minimum Gasteiger partial charge on any atom is -0.491 e. The summed E-state index contributed by atoms with van der Waals surface area (Å²) in [4.78, 5) is 24.0. The maximum absolute atomic E-state index is 14.8. The van der Waals surface area contributed by atoms with Gasteiger partial charge in [0.1, 0.15) is 24.5 Å². The fraction of sp³-hybridized carbons (Fsp3) is 0.400. The van der Waals surface area contributed by atoms with Gasteiger partial charge in [-0.2, -0.15) is 13.2 Å². The molecule has 29 heavy (non-hydrogen) atoms. The summed E-state index contributed by atoms with van der Waals surface area (Å²) in [6.45, 7) is 1.13. The Balaban J connectivity index is 2.25. The average molecular weight is 432 g/mol. The van der Waals surface area contributed by atoms with Crippen molar-refractivity contribution in [3.05, 3.63) is 51.2 Å². The molecule has 2 heterocycles. The Bertz CT molecular complexity index is 987. The molecule has 156 valence electrons. The lowest BCUT2D eigenvalue weighted by atomic mass is 9.90. The number of hydrogen-bond acceptors (Lipinski definition) is 3. The highest BCUT2D eigenvalue weighted by Gasteiger charge is 2.42. The first-order valence-corrected chi connectivity index (χ1v) is 9.43. The topological polar surface area (TPSA) is 48.3 Å². The van der Waals surface area contributed by atoms with E-state index >= 15 is 0 Å².